The van der Waals surface area contributed by atoms with Crippen molar-refractivity contribution in [3.8, 4) is 11.8 Å². The van der Waals surface area contributed by atoms with Gasteiger partial charge in [-0.1, -0.05) is 35.6 Å². The molecule has 0 bridgehead atoms. The molecule has 68 valence electrons. The average molecular weight is 195 g/mol. The molecule has 0 aromatic heterocycles. The van der Waals surface area contributed by atoms with Gasteiger partial charge >= 0.3 is 0 Å². The van der Waals surface area contributed by atoms with Crippen LogP contribution in [0.15, 0.2) is 24.3 Å². The monoisotopic (exact) mass is 194 g/mol. The van der Waals surface area contributed by atoms with Gasteiger partial charge in [0.15, 0.2) is 0 Å². The van der Waals surface area contributed by atoms with Gasteiger partial charge in [0.05, 0.1) is 5.02 Å². The van der Waals surface area contributed by atoms with Crippen LogP contribution in [0, 0.1) is 11.8 Å². The lowest BCUT2D eigenvalue weighted by atomic mass is 10.2. The van der Waals surface area contributed by atoms with Crippen molar-refractivity contribution < 1.29 is 5.11 Å². The molecule has 0 unspecified atom stereocenters. The van der Waals surface area contributed by atoms with Gasteiger partial charge in [0, 0.05) is 18.6 Å². The molecule has 1 nitrogen and oxygen atoms in total. The highest BCUT2D eigenvalue weighted by Crippen LogP contribution is 2.12. The van der Waals surface area contributed by atoms with E-state index in [1.165, 1.54) is 0 Å². The summed E-state index contributed by atoms with van der Waals surface area (Å²) in [7, 11) is 0. The molecule has 0 aliphatic heterocycles. The second-order valence-electron chi connectivity index (χ2n) is 2.61. The summed E-state index contributed by atoms with van der Waals surface area (Å²) in [6.07, 6.45) is 1.43. The van der Waals surface area contributed by atoms with Crippen molar-refractivity contribution in [3.05, 3.63) is 34.9 Å². The second kappa shape index (κ2) is 5.64. The van der Waals surface area contributed by atoms with E-state index in [1.54, 1.807) is 0 Å². The Morgan fingerprint density at radius 1 is 1.31 bits per heavy atom. The quantitative estimate of drug-likeness (QED) is 0.567. The number of rotatable bonds is 2. The van der Waals surface area contributed by atoms with Crippen LogP contribution in [0.4, 0.5) is 0 Å². The highest BCUT2D eigenvalue weighted by Gasteiger charge is 1.91. The highest BCUT2D eigenvalue weighted by atomic mass is 35.5. The lowest BCUT2D eigenvalue weighted by molar-refractivity contribution is 0.290. The van der Waals surface area contributed by atoms with Crippen LogP contribution in [0.2, 0.25) is 5.02 Å². The Bertz CT molecular complexity index is 322. The van der Waals surface area contributed by atoms with E-state index >= 15 is 0 Å². The van der Waals surface area contributed by atoms with Gasteiger partial charge in [-0.3, -0.25) is 0 Å². The molecule has 1 rings (SSSR count). The Morgan fingerprint density at radius 2 is 2.08 bits per heavy atom. The summed E-state index contributed by atoms with van der Waals surface area (Å²) in [5, 5.41) is 9.20. The molecule has 0 spiro atoms. The summed E-state index contributed by atoms with van der Waals surface area (Å²) >= 11 is 5.89. The molecule has 1 aromatic carbocycles. The van der Waals surface area contributed by atoms with E-state index in [-0.39, 0.29) is 6.61 Å². The predicted octanol–water partition coefficient (Wildman–Crippen LogP) is 2.46. The van der Waals surface area contributed by atoms with Gasteiger partial charge in [-0.2, -0.15) is 0 Å². The Labute approximate surface area is 83.4 Å². The third kappa shape index (κ3) is 3.50. The van der Waals surface area contributed by atoms with Crippen molar-refractivity contribution >= 4 is 11.6 Å². The van der Waals surface area contributed by atoms with Crippen LogP contribution in [0.5, 0.6) is 0 Å². The van der Waals surface area contributed by atoms with Gasteiger partial charge in [0.25, 0.3) is 0 Å². The number of hydrogen-bond donors (Lipinski definition) is 1. The van der Waals surface area contributed by atoms with E-state index in [4.69, 9.17) is 16.7 Å². The standard InChI is InChI=1S/C11H11ClO/c12-11-8-4-3-7-10(11)6-2-1-5-9-13/h3-4,7-8,13H,1,5,9H2. The van der Waals surface area contributed by atoms with Crippen LogP contribution in [0.1, 0.15) is 18.4 Å². The molecule has 1 N–H and O–H groups in total. The van der Waals surface area contributed by atoms with Gasteiger partial charge in [-0.25, -0.2) is 0 Å². The molecule has 0 atom stereocenters. The molecular weight excluding hydrogens is 184 g/mol. The zero-order valence-electron chi connectivity index (χ0n) is 7.26. The van der Waals surface area contributed by atoms with Crippen molar-refractivity contribution in [2.24, 2.45) is 0 Å². The van der Waals surface area contributed by atoms with Gasteiger partial charge in [0.1, 0.15) is 0 Å². The maximum atomic E-state index is 8.52. The van der Waals surface area contributed by atoms with E-state index in [0.29, 0.717) is 11.4 Å². The van der Waals surface area contributed by atoms with Crippen molar-refractivity contribution in [2.45, 2.75) is 12.8 Å². The van der Waals surface area contributed by atoms with Crippen molar-refractivity contribution in [2.75, 3.05) is 6.61 Å². The molecule has 0 amide bonds. The topological polar surface area (TPSA) is 20.2 Å². The number of benzene rings is 1. The summed E-state index contributed by atoms with van der Waals surface area (Å²) < 4.78 is 0. The summed E-state index contributed by atoms with van der Waals surface area (Å²) in [6, 6.07) is 7.48. The van der Waals surface area contributed by atoms with Gasteiger partial charge in [-0.05, 0) is 18.6 Å². The van der Waals surface area contributed by atoms with Crippen LogP contribution >= 0.6 is 11.6 Å². The first-order chi connectivity index (χ1) is 6.34. The first-order valence-electron chi connectivity index (χ1n) is 4.19. The fourth-order valence-electron chi connectivity index (χ4n) is 0.888. The van der Waals surface area contributed by atoms with E-state index in [2.05, 4.69) is 11.8 Å². The molecule has 0 heterocycles. The minimum Gasteiger partial charge on any atom is -0.396 e. The lowest BCUT2D eigenvalue weighted by Crippen LogP contribution is -1.79. The van der Waals surface area contributed by atoms with Crippen molar-refractivity contribution in [1.29, 1.82) is 0 Å². The van der Waals surface area contributed by atoms with Crippen LogP contribution in [-0.4, -0.2) is 11.7 Å². The van der Waals surface area contributed by atoms with Gasteiger partial charge < -0.3 is 5.11 Å². The molecule has 0 aliphatic carbocycles. The first-order valence-corrected chi connectivity index (χ1v) is 4.56. The van der Waals surface area contributed by atoms with E-state index in [1.807, 2.05) is 24.3 Å². The van der Waals surface area contributed by atoms with Gasteiger partial charge in [0.2, 0.25) is 0 Å². The Balaban J connectivity index is 2.61. The Kier molecular flexibility index (Phi) is 4.39. The number of unbranched alkanes of at least 4 members (excludes halogenated alkanes) is 1. The van der Waals surface area contributed by atoms with Crippen LogP contribution in [0.25, 0.3) is 0 Å². The molecule has 0 saturated carbocycles. The van der Waals surface area contributed by atoms with Crippen LogP contribution in [-0.2, 0) is 0 Å². The zero-order valence-corrected chi connectivity index (χ0v) is 8.01. The molecule has 0 fully saturated rings. The van der Waals surface area contributed by atoms with Crippen molar-refractivity contribution in [1.82, 2.24) is 0 Å². The molecule has 0 saturated heterocycles. The summed E-state index contributed by atoms with van der Waals surface area (Å²) in [6.45, 7) is 0.192. The third-order valence-electron chi connectivity index (χ3n) is 1.56. The SMILES string of the molecule is OCCCC#Cc1ccccc1Cl. The van der Waals surface area contributed by atoms with Crippen LogP contribution in [0.3, 0.4) is 0 Å². The maximum Gasteiger partial charge on any atom is 0.0562 e. The van der Waals surface area contributed by atoms with E-state index < -0.39 is 0 Å². The maximum absolute atomic E-state index is 8.52. The number of halogens is 1. The minimum absolute atomic E-state index is 0.192. The van der Waals surface area contributed by atoms with Crippen LogP contribution < -0.4 is 0 Å². The number of aliphatic hydroxyl groups excluding tert-OH is 1. The van der Waals surface area contributed by atoms with E-state index in [0.717, 1.165) is 12.0 Å². The molecule has 13 heavy (non-hydrogen) atoms. The largest absolute Gasteiger partial charge is 0.396 e. The fraction of sp³-hybridized carbons (Fsp3) is 0.273. The molecule has 1 aromatic rings. The highest BCUT2D eigenvalue weighted by molar-refractivity contribution is 6.31. The van der Waals surface area contributed by atoms with Gasteiger partial charge in [-0.15, -0.1) is 0 Å². The molecule has 0 aliphatic rings. The molecular formula is C11H11ClO. The number of aliphatic hydroxyl groups is 1. The summed E-state index contributed by atoms with van der Waals surface area (Å²) in [5.41, 5.74) is 0.849. The summed E-state index contributed by atoms with van der Waals surface area (Å²) in [5.74, 6) is 5.90. The normalized spacial score (nSPS) is 9.08. The van der Waals surface area contributed by atoms with E-state index in [9.17, 15) is 0 Å². The first kappa shape index (κ1) is 10.1. The number of hydrogen-bond acceptors (Lipinski definition) is 1. The average Bonchev–Trinajstić information content (AvgIpc) is 2.15. The zero-order chi connectivity index (χ0) is 9.52. The predicted molar refractivity (Wildman–Crippen MR) is 54.6 cm³/mol. The second-order valence-corrected chi connectivity index (χ2v) is 3.02. The summed E-state index contributed by atoms with van der Waals surface area (Å²) in [4.78, 5) is 0. The van der Waals surface area contributed by atoms with Crippen molar-refractivity contribution in [3.63, 3.8) is 0 Å². The fourth-order valence-corrected chi connectivity index (χ4v) is 1.07. The molecule has 2 heteroatoms. The smallest absolute Gasteiger partial charge is 0.0562 e. The Hall–Kier alpha value is -0.970. The minimum atomic E-state index is 0.192. The third-order valence-corrected chi connectivity index (χ3v) is 1.89. The Morgan fingerprint density at radius 3 is 2.77 bits per heavy atom. The molecule has 0 radical (unpaired) electrons. The lowest BCUT2D eigenvalue weighted by Gasteiger charge is -1.92.